The van der Waals surface area contributed by atoms with E-state index in [1.165, 1.54) is 24.4 Å². The molecule has 0 atom stereocenters. The predicted octanol–water partition coefficient (Wildman–Crippen LogP) is 4.74. The highest BCUT2D eigenvalue weighted by atomic mass is 35.5. The summed E-state index contributed by atoms with van der Waals surface area (Å²) in [5.74, 6) is 0.932. The van der Waals surface area contributed by atoms with Crippen LogP contribution in [0.5, 0.6) is 0 Å². The standard InChI is InChI=1S/C20H15ClN2O4/c21-19-11-15(23(25)26)6-8-18(19)20-9-7-17(27-20)13-22-12-16(24)10-14-4-2-1-3-5-14/h1-9,11,13H,10,12H2. The molecule has 1 heterocycles. The molecule has 3 aromatic rings. The van der Waals surface area contributed by atoms with Gasteiger partial charge in [0.1, 0.15) is 11.5 Å². The van der Waals surface area contributed by atoms with E-state index in [9.17, 15) is 14.9 Å². The highest BCUT2D eigenvalue weighted by Crippen LogP contribution is 2.32. The smallest absolute Gasteiger partial charge is 0.270 e. The van der Waals surface area contributed by atoms with Crippen LogP contribution in [-0.4, -0.2) is 23.5 Å². The largest absolute Gasteiger partial charge is 0.455 e. The molecular weight excluding hydrogens is 368 g/mol. The van der Waals surface area contributed by atoms with Gasteiger partial charge in [-0.05, 0) is 23.8 Å². The van der Waals surface area contributed by atoms with Crippen LogP contribution in [0.25, 0.3) is 11.3 Å². The molecule has 0 saturated carbocycles. The summed E-state index contributed by atoms with van der Waals surface area (Å²) in [5, 5.41) is 11.0. The highest BCUT2D eigenvalue weighted by molar-refractivity contribution is 6.33. The third-order valence-corrected chi connectivity index (χ3v) is 4.10. The molecular formula is C20H15ClN2O4. The Kier molecular flexibility index (Phi) is 5.78. The second-order valence-corrected chi connectivity index (χ2v) is 6.20. The predicted molar refractivity (Wildman–Crippen MR) is 103 cm³/mol. The minimum atomic E-state index is -0.512. The van der Waals surface area contributed by atoms with Gasteiger partial charge in [-0.1, -0.05) is 41.9 Å². The molecule has 0 spiro atoms. The fraction of sp³-hybridized carbons (Fsp3) is 0.100. The van der Waals surface area contributed by atoms with E-state index in [1.54, 1.807) is 12.1 Å². The normalized spacial score (nSPS) is 11.0. The van der Waals surface area contributed by atoms with Gasteiger partial charge in [0.15, 0.2) is 5.78 Å². The number of ketones is 1. The second-order valence-electron chi connectivity index (χ2n) is 5.79. The first-order chi connectivity index (χ1) is 13.0. The number of nitrogens with zero attached hydrogens (tertiary/aromatic N) is 2. The maximum absolute atomic E-state index is 11.9. The number of nitro benzene ring substituents is 1. The van der Waals surface area contributed by atoms with Gasteiger partial charge in [0.2, 0.25) is 0 Å². The first-order valence-electron chi connectivity index (χ1n) is 8.12. The van der Waals surface area contributed by atoms with Crippen molar-refractivity contribution in [1.29, 1.82) is 0 Å². The number of halogens is 1. The van der Waals surface area contributed by atoms with Crippen molar-refractivity contribution in [3.63, 3.8) is 0 Å². The molecule has 0 aliphatic rings. The van der Waals surface area contributed by atoms with E-state index in [-0.39, 0.29) is 23.0 Å². The van der Waals surface area contributed by atoms with E-state index in [2.05, 4.69) is 4.99 Å². The summed E-state index contributed by atoms with van der Waals surface area (Å²) in [4.78, 5) is 26.3. The van der Waals surface area contributed by atoms with Gasteiger partial charge in [0, 0.05) is 24.1 Å². The van der Waals surface area contributed by atoms with Crippen LogP contribution in [0.2, 0.25) is 5.02 Å². The molecule has 2 aromatic carbocycles. The van der Waals surface area contributed by atoms with Crippen LogP contribution in [0, 0.1) is 10.1 Å². The van der Waals surface area contributed by atoms with Gasteiger partial charge < -0.3 is 4.42 Å². The quantitative estimate of drug-likeness (QED) is 0.335. The maximum Gasteiger partial charge on any atom is 0.270 e. The van der Waals surface area contributed by atoms with Crippen molar-refractivity contribution in [1.82, 2.24) is 0 Å². The maximum atomic E-state index is 11.9. The molecule has 0 unspecified atom stereocenters. The summed E-state index contributed by atoms with van der Waals surface area (Å²) in [6.07, 6.45) is 1.81. The van der Waals surface area contributed by atoms with Gasteiger partial charge in [-0.3, -0.25) is 19.9 Å². The molecule has 0 aliphatic carbocycles. The first-order valence-corrected chi connectivity index (χ1v) is 8.50. The zero-order chi connectivity index (χ0) is 19.2. The van der Waals surface area contributed by atoms with E-state index < -0.39 is 4.92 Å². The van der Waals surface area contributed by atoms with Crippen LogP contribution in [0.3, 0.4) is 0 Å². The van der Waals surface area contributed by atoms with Crippen molar-refractivity contribution < 1.29 is 14.1 Å². The molecule has 0 saturated heterocycles. The lowest BCUT2D eigenvalue weighted by molar-refractivity contribution is -0.384. The summed E-state index contributed by atoms with van der Waals surface area (Å²) >= 11 is 6.10. The molecule has 0 bridgehead atoms. The van der Waals surface area contributed by atoms with E-state index >= 15 is 0 Å². The van der Waals surface area contributed by atoms with E-state index in [0.29, 0.717) is 23.5 Å². The summed E-state index contributed by atoms with van der Waals surface area (Å²) in [6.45, 7) is 0.0587. The van der Waals surface area contributed by atoms with Crippen LogP contribution in [0.15, 0.2) is 70.1 Å². The molecule has 0 aliphatic heterocycles. The zero-order valence-electron chi connectivity index (χ0n) is 14.2. The third-order valence-electron chi connectivity index (χ3n) is 3.79. The lowest BCUT2D eigenvalue weighted by Gasteiger charge is -2.00. The van der Waals surface area contributed by atoms with Gasteiger partial charge in [0.25, 0.3) is 5.69 Å². The lowest BCUT2D eigenvalue weighted by Crippen LogP contribution is -2.06. The molecule has 6 nitrogen and oxygen atoms in total. The number of carbonyl (C=O) groups excluding carboxylic acids is 1. The number of hydrogen-bond acceptors (Lipinski definition) is 5. The fourth-order valence-electron chi connectivity index (χ4n) is 2.50. The van der Waals surface area contributed by atoms with Gasteiger partial charge in [0.05, 0.1) is 22.7 Å². The van der Waals surface area contributed by atoms with Crippen molar-refractivity contribution >= 4 is 29.3 Å². The van der Waals surface area contributed by atoms with Crippen molar-refractivity contribution in [2.24, 2.45) is 4.99 Å². The molecule has 0 N–H and O–H groups in total. The molecule has 1 aromatic heterocycles. The summed E-state index contributed by atoms with van der Waals surface area (Å²) in [6, 6.07) is 17.0. The number of hydrogen-bond donors (Lipinski definition) is 0. The second kappa shape index (κ2) is 8.42. The monoisotopic (exact) mass is 382 g/mol. The van der Waals surface area contributed by atoms with Crippen molar-refractivity contribution in [2.45, 2.75) is 6.42 Å². The Balaban J connectivity index is 1.63. The Morgan fingerprint density at radius 2 is 1.93 bits per heavy atom. The number of aliphatic imine (C=N–C) groups is 1. The van der Waals surface area contributed by atoms with Crippen molar-refractivity contribution in [3.8, 4) is 11.3 Å². The minimum Gasteiger partial charge on any atom is -0.455 e. The molecule has 0 radical (unpaired) electrons. The molecule has 0 amide bonds. The van der Waals surface area contributed by atoms with Crippen LogP contribution in [0.1, 0.15) is 11.3 Å². The van der Waals surface area contributed by atoms with E-state index in [0.717, 1.165) is 5.56 Å². The fourth-order valence-corrected chi connectivity index (χ4v) is 2.77. The van der Waals surface area contributed by atoms with Crippen LogP contribution in [-0.2, 0) is 11.2 Å². The highest BCUT2D eigenvalue weighted by Gasteiger charge is 2.13. The van der Waals surface area contributed by atoms with Crippen LogP contribution in [0.4, 0.5) is 5.69 Å². The summed E-state index contributed by atoms with van der Waals surface area (Å²) in [7, 11) is 0. The molecule has 0 fully saturated rings. The molecule has 7 heteroatoms. The molecule has 27 heavy (non-hydrogen) atoms. The van der Waals surface area contributed by atoms with Gasteiger partial charge in [-0.25, -0.2) is 0 Å². The third kappa shape index (κ3) is 4.89. The number of furan rings is 1. The number of rotatable bonds is 7. The number of non-ortho nitro benzene ring substituents is 1. The number of nitro groups is 1. The van der Waals surface area contributed by atoms with Crippen molar-refractivity contribution in [3.05, 3.63) is 87.1 Å². The Morgan fingerprint density at radius 3 is 2.63 bits per heavy atom. The van der Waals surface area contributed by atoms with Gasteiger partial charge >= 0.3 is 0 Å². The summed E-state index contributed by atoms with van der Waals surface area (Å²) < 4.78 is 5.64. The number of carbonyl (C=O) groups is 1. The Hall–Kier alpha value is -3.25. The number of Topliss-reactive ketones (excluding diaryl/α,β-unsaturated/α-hetero) is 1. The van der Waals surface area contributed by atoms with E-state index in [4.69, 9.17) is 16.0 Å². The number of benzene rings is 2. The Labute approximate surface area is 160 Å². The van der Waals surface area contributed by atoms with Crippen LogP contribution >= 0.6 is 11.6 Å². The minimum absolute atomic E-state index is 0.00245. The molecule has 136 valence electrons. The summed E-state index contributed by atoms with van der Waals surface area (Å²) in [5.41, 5.74) is 1.40. The lowest BCUT2D eigenvalue weighted by atomic mass is 10.1. The van der Waals surface area contributed by atoms with Gasteiger partial charge in [-0.15, -0.1) is 0 Å². The first kappa shape index (κ1) is 18.5. The molecule has 3 rings (SSSR count). The Morgan fingerprint density at radius 1 is 1.15 bits per heavy atom. The Bertz CT molecular complexity index is 996. The SMILES string of the molecule is O=C(CN=Cc1ccc(-c2ccc([N+](=O)[O-])cc2Cl)o1)Cc1ccccc1. The topological polar surface area (TPSA) is 85.7 Å². The van der Waals surface area contributed by atoms with Crippen molar-refractivity contribution in [2.75, 3.05) is 6.54 Å². The van der Waals surface area contributed by atoms with Gasteiger partial charge in [-0.2, -0.15) is 0 Å². The van der Waals surface area contributed by atoms with E-state index in [1.807, 2.05) is 30.3 Å². The average molecular weight is 383 g/mol. The van der Waals surface area contributed by atoms with Crippen LogP contribution < -0.4 is 0 Å². The average Bonchev–Trinajstić information content (AvgIpc) is 3.11. The zero-order valence-corrected chi connectivity index (χ0v) is 14.9.